The molecule has 0 saturated heterocycles. The summed E-state index contributed by atoms with van der Waals surface area (Å²) in [7, 11) is 0. The van der Waals surface area contributed by atoms with Crippen LogP contribution in [0, 0.1) is 26.6 Å². The quantitative estimate of drug-likeness (QED) is 0.742. The predicted molar refractivity (Wildman–Crippen MR) is 80.1 cm³/mol. The standard InChI is InChI=1S/C14H16FIN2O/c1-10(2)9-18(7-3-6-17)14(19)12-5-4-11(15)8-13(12)16/h4-5,8,10H,3,7,9H2,1-2H3. The molecule has 0 aliphatic carbocycles. The summed E-state index contributed by atoms with van der Waals surface area (Å²) < 4.78 is 13.6. The molecular weight excluding hydrogens is 358 g/mol. The minimum atomic E-state index is -0.353. The Morgan fingerprint density at radius 1 is 1.53 bits per heavy atom. The molecule has 0 radical (unpaired) electrons. The summed E-state index contributed by atoms with van der Waals surface area (Å²) in [5.41, 5.74) is 0.487. The molecule has 5 heteroatoms. The third kappa shape index (κ3) is 4.78. The van der Waals surface area contributed by atoms with Crippen molar-refractivity contribution in [2.45, 2.75) is 20.3 Å². The minimum Gasteiger partial charge on any atom is -0.337 e. The van der Waals surface area contributed by atoms with E-state index in [1.807, 2.05) is 42.5 Å². The smallest absolute Gasteiger partial charge is 0.254 e. The highest BCUT2D eigenvalue weighted by molar-refractivity contribution is 14.1. The van der Waals surface area contributed by atoms with Crippen LogP contribution in [0.4, 0.5) is 4.39 Å². The molecule has 0 spiro atoms. The molecule has 0 bridgehead atoms. The van der Waals surface area contributed by atoms with Crippen LogP contribution < -0.4 is 0 Å². The molecule has 0 unspecified atom stereocenters. The highest BCUT2D eigenvalue weighted by atomic mass is 127. The van der Waals surface area contributed by atoms with Crippen molar-refractivity contribution in [3.63, 3.8) is 0 Å². The van der Waals surface area contributed by atoms with Crippen molar-refractivity contribution in [2.24, 2.45) is 5.92 Å². The normalized spacial score (nSPS) is 10.3. The number of rotatable bonds is 5. The zero-order chi connectivity index (χ0) is 14.4. The number of carbonyl (C=O) groups is 1. The van der Waals surface area contributed by atoms with Crippen LogP contribution in [-0.2, 0) is 0 Å². The zero-order valence-electron chi connectivity index (χ0n) is 11.0. The van der Waals surface area contributed by atoms with E-state index in [9.17, 15) is 9.18 Å². The average molecular weight is 374 g/mol. The van der Waals surface area contributed by atoms with Crippen LogP contribution in [0.1, 0.15) is 30.6 Å². The van der Waals surface area contributed by atoms with Crippen molar-refractivity contribution in [1.29, 1.82) is 5.26 Å². The van der Waals surface area contributed by atoms with Gasteiger partial charge in [-0.2, -0.15) is 5.26 Å². The second-order valence-corrected chi connectivity index (χ2v) is 5.84. The first-order chi connectivity index (χ1) is 8.95. The first kappa shape index (κ1) is 15.9. The fourth-order valence-electron chi connectivity index (χ4n) is 1.73. The number of hydrogen-bond donors (Lipinski definition) is 0. The van der Waals surface area contributed by atoms with E-state index in [1.54, 1.807) is 4.90 Å². The fourth-order valence-corrected chi connectivity index (χ4v) is 2.44. The van der Waals surface area contributed by atoms with Gasteiger partial charge in [-0.15, -0.1) is 0 Å². The SMILES string of the molecule is CC(C)CN(CCC#N)C(=O)c1ccc(F)cc1I. The monoisotopic (exact) mass is 374 g/mol. The van der Waals surface area contributed by atoms with E-state index in [-0.39, 0.29) is 11.7 Å². The second-order valence-electron chi connectivity index (χ2n) is 4.68. The van der Waals surface area contributed by atoms with Gasteiger partial charge >= 0.3 is 0 Å². The molecule has 1 rings (SSSR count). The second kappa shape index (κ2) is 7.43. The predicted octanol–water partition coefficient (Wildman–Crippen LogP) is 3.44. The largest absolute Gasteiger partial charge is 0.337 e. The summed E-state index contributed by atoms with van der Waals surface area (Å²) in [6.07, 6.45) is 0.302. The summed E-state index contributed by atoms with van der Waals surface area (Å²) in [6, 6.07) is 6.17. The third-order valence-corrected chi connectivity index (χ3v) is 3.42. The van der Waals surface area contributed by atoms with Gasteiger partial charge in [-0.3, -0.25) is 4.79 Å². The molecule has 0 aromatic heterocycles. The van der Waals surface area contributed by atoms with Gasteiger partial charge < -0.3 is 4.90 Å². The number of amides is 1. The molecule has 0 aliphatic rings. The van der Waals surface area contributed by atoms with Crippen LogP contribution in [0.2, 0.25) is 0 Å². The number of hydrogen-bond acceptors (Lipinski definition) is 2. The number of carbonyl (C=O) groups excluding carboxylic acids is 1. The maximum Gasteiger partial charge on any atom is 0.254 e. The third-order valence-electron chi connectivity index (χ3n) is 2.53. The van der Waals surface area contributed by atoms with E-state index in [4.69, 9.17) is 5.26 Å². The summed E-state index contributed by atoms with van der Waals surface area (Å²) in [5.74, 6) is -0.178. The Hall–Kier alpha value is -1.16. The van der Waals surface area contributed by atoms with E-state index < -0.39 is 0 Å². The van der Waals surface area contributed by atoms with E-state index >= 15 is 0 Å². The van der Waals surface area contributed by atoms with Crippen molar-refractivity contribution in [3.8, 4) is 6.07 Å². The Balaban J connectivity index is 2.94. The van der Waals surface area contributed by atoms with Gasteiger partial charge in [0.15, 0.2) is 0 Å². The molecule has 102 valence electrons. The van der Waals surface area contributed by atoms with E-state index in [1.165, 1.54) is 18.2 Å². The Morgan fingerprint density at radius 3 is 2.74 bits per heavy atom. The van der Waals surface area contributed by atoms with Crippen molar-refractivity contribution >= 4 is 28.5 Å². The topological polar surface area (TPSA) is 44.1 Å². The van der Waals surface area contributed by atoms with Crippen molar-refractivity contribution < 1.29 is 9.18 Å². The average Bonchev–Trinajstić information content (AvgIpc) is 2.33. The van der Waals surface area contributed by atoms with Gasteiger partial charge in [0, 0.05) is 16.7 Å². The maximum absolute atomic E-state index is 13.1. The maximum atomic E-state index is 13.1. The lowest BCUT2D eigenvalue weighted by Crippen LogP contribution is -2.35. The Bertz CT molecular complexity index is 497. The van der Waals surface area contributed by atoms with E-state index in [0.717, 1.165) is 0 Å². The first-order valence-corrected chi connectivity index (χ1v) is 7.15. The summed E-state index contributed by atoms with van der Waals surface area (Å²) >= 11 is 1.95. The number of halogens is 2. The van der Waals surface area contributed by atoms with Gasteiger partial charge in [0.05, 0.1) is 18.1 Å². The molecular formula is C14H16FIN2O. The zero-order valence-corrected chi connectivity index (χ0v) is 13.1. The Morgan fingerprint density at radius 2 is 2.21 bits per heavy atom. The first-order valence-electron chi connectivity index (χ1n) is 6.07. The molecule has 1 amide bonds. The van der Waals surface area contributed by atoms with Gasteiger partial charge in [0.1, 0.15) is 5.82 Å². The van der Waals surface area contributed by atoms with Gasteiger partial charge in [-0.05, 0) is 46.7 Å². The Labute approximate surface area is 126 Å². The lowest BCUT2D eigenvalue weighted by atomic mass is 10.1. The highest BCUT2D eigenvalue weighted by Gasteiger charge is 2.19. The van der Waals surface area contributed by atoms with Gasteiger partial charge in [0.2, 0.25) is 0 Å². The lowest BCUT2D eigenvalue weighted by molar-refractivity contribution is 0.0739. The number of benzene rings is 1. The number of nitriles is 1. The molecule has 0 heterocycles. The van der Waals surface area contributed by atoms with E-state index in [0.29, 0.717) is 34.6 Å². The lowest BCUT2D eigenvalue weighted by Gasteiger charge is -2.24. The van der Waals surface area contributed by atoms with Crippen LogP contribution >= 0.6 is 22.6 Å². The summed E-state index contributed by atoms with van der Waals surface area (Å²) in [5, 5.41) is 8.65. The van der Waals surface area contributed by atoms with Crippen molar-refractivity contribution in [1.82, 2.24) is 4.90 Å². The Kier molecular flexibility index (Phi) is 6.22. The van der Waals surface area contributed by atoms with Crippen molar-refractivity contribution in [3.05, 3.63) is 33.1 Å². The molecule has 0 fully saturated rings. The highest BCUT2D eigenvalue weighted by Crippen LogP contribution is 2.17. The fraction of sp³-hybridized carbons (Fsp3) is 0.429. The molecule has 0 saturated carbocycles. The van der Waals surface area contributed by atoms with E-state index in [2.05, 4.69) is 0 Å². The summed E-state index contributed by atoms with van der Waals surface area (Å²) in [6.45, 7) is 5.03. The molecule has 3 nitrogen and oxygen atoms in total. The molecule has 1 aromatic carbocycles. The van der Waals surface area contributed by atoms with Gasteiger partial charge in [-0.1, -0.05) is 13.8 Å². The molecule has 19 heavy (non-hydrogen) atoms. The van der Waals surface area contributed by atoms with Crippen molar-refractivity contribution in [2.75, 3.05) is 13.1 Å². The van der Waals surface area contributed by atoms with Gasteiger partial charge in [0.25, 0.3) is 5.91 Å². The summed E-state index contributed by atoms with van der Waals surface area (Å²) in [4.78, 5) is 14.1. The number of nitrogens with zero attached hydrogens (tertiary/aromatic N) is 2. The minimum absolute atomic E-state index is 0.145. The molecule has 0 aliphatic heterocycles. The molecule has 0 N–H and O–H groups in total. The molecule has 1 aromatic rings. The van der Waals surface area contributed by atoms with Crippen LogP contribution in [0.15, 0.2) is 18.2 Å². The van der Waals surface area contributed by atoms with Crippen LogP contribution in [0.3, 0.4) is 0 Å². The van der Waals surface area contributed by atoms with Crippen LogP contribution in [0.5, 0.6) is 0 Å². The van der Waals surface area contributed by atoms with Crippen LogP contribution in [-0.4, -0.2) is 23.9 Å². The van der Waals surface area contributed by atoms with Gasteiger partial charge in [-0.25, -0.2) is 4.39 Å². The van der Waals surface area contributed by atoms with Crippen LogP contribution in [0.25, 0.3) is 0 Å². The molecule has 0 atom stereocenters.